The van der Waals surface area contributed by atoms with Crippen molar-refractivity contribution >= 4 is 0 Å². The molecule has 0 aliphatic rings. The average Bonchev–Trinajstić information content (AvgIpc) is 2.54. The molecule has 0 bridgehead atoms. The summed E-state index contributed by atoms with van der Waals surface area (Å²) in [5.74, 6) is 0.575. The van der Waals surface area contributed by atoms with Crippen molar-refractivity contribution in [2.75, 3.05) is 27.3 Å². The Morgan fingerprint density at radius 2 is 1.91 bits per heavy atom. The molecule has 2 aromatic rings. The molecule has 4 nitrogen and oxygen atoms in total. The molecule has 1 N–H and O–H groups in total. The zero-order valence-corrected chi connectivity index (χ0v) is 13.4. The molecule has 5 heteroatoms. The molecule has 2 aromatic carbocycles. The van der Waals surface area contributed by atoms with E-state index in [2.05, 4.69) is 0 Å². The Labute approximate surface area is 136 Å². The van der Waals surface area contributed by atoms with Crippen molar-refractivity contribution in [2.24, 2.45) is 0 Å². The van der Waals surface area contributed by atoms with Crippen molar-refractivity contribution in [3.05, 3.63) is 59.9 Å². The third-order valence-corrected chi connectivity index (χ3v) is 3.38. The average molecular weight is 319 g/mol. The van der Waals surface area contributed by atoms with Crippen LogP contribution in [0.15, 0.2) is 48.5 Å². The minimum absolute atomic E-state index is 0.214. The Morgan fingerprint density at radius 3 is 2.57 bits per heavy atom. The van der Waals surface area contributed by atoms with Crippen LogP contribution in [0.4, 0.5) is 4.39 Å². The highest BCUT2D eigenvalue weighted by Gasteiger charge is 2.11. The first-order valence-electron chi connectivity index (χ1n) is 7.45. The van der Waals surface area contributed by atoms with Gasteiger partial charge in [0.1, 0.15) is 18.5 Å². The zero-order chi connectivity index (χ0) is 16.7. The molecule has 0 amide bonds. The topological polar surface area (TPSA) is 41.9 Å². The summed E-state index contributed by atoms with van der Waals surface area (Å²) in [6.07, 6.45) is -0.622. The van der Waals surface area contributed by atoms with Crippen molar-refractivity contribution in [3.8, 4) is 11.5 Å². The Kier molecular flexibility index (Phi) is 6.38. The molecule has 0 fully saturated rings. The van der Waals surface area contributed by atoms with Gasteiger partial charge in [0.15, 0.2) is 11.6 Å². The van der Waals surface area contributed by atoms with Crippen molar-refractivity contribution < 1.29 is 19.0 Å². The molecule has 1 atom stereocenters. The molecule has 23 heavy (non-hydrogen) atoms. The van der Waals surface area contributed by atoms with Gasteiger partial charge in [0.05, 0.1) is 7.11 Å². The number of aliphatic hydroxyl groups excluding tert-OH is 1. The molecule has 0 aromatic heterocycles. The molecular formula is C18H22FNO3. The Balaban J connectivity index is 1.79. The highest BCUT2D eigenvalue weighted by atomic mass is 19.1. The van der Waals surface area contributed by atoms with E-state index in [-0.39, 0.29) is 18.2 Å². The lowest BCUT2D eigenvalue weighted by Crippen LogP contribution is -2.32. The third-order valence-electron chi connectivity index (χ3n) is 3.38. The molecule has 0 saturated carbocycles. The SMILES string of the molecule is COc1ccc(CN(C)CC(O)COc2ccccc2)cc1F. The molecular weight excluding hydrogens is 297 g/mol. The van der Waals surface area contributed by atoms with Gasteiger partial charge in [-0.1, -0.05) is 24.3 Å². The van der Waals surface area contributed by atoms with Gasteiger partial charge in [-0.3, -0.25) is 4.90 Å². The maximum Gasteiger partial charge on any atom is 0.165 e. The van der Waals surface area contributed by atoms with Crippen molar-refractivity contribution in [1.29, 1.82) is 0 Å². The molecule has 0 radical (unpaired) electrons. The lowest BCUT2D eigenvalue weighted by molar-refractivity contribution is 0.0743. The summed E-state index contributed by atoms with van der Waals surface area (Å²) >= 11 is 0. The highest BCUT2D eigenvalue weighted by molar-refractivity contribution is 5.29. The fraction of sp³-hybridized carbons (Fsp3) is 0.333. The lowest BCUT2D eigenvalue weighted by atomic mass is 10.2. The third kappa shape index (κ3) is 5.54. The molecule has 1 unspecified atom stereocenters. The number of aliphatic hydroxyl groups is 1. The predicted octanol–water partition coefficient (Wildman–Crippen LogP) is 2.71. The first-order valence-corrected chi connectivity index (χ1v) is 7.45. The van der Waals surface area contributed by atoms with Gasteiger partial charge in [-0.2, -0.15) is 0 Å². The summed E-state index contributed by atoms with van der Waals surface area (Å²) in [5, 5.41) is 10.0. The van der Waals surface area contributed by atoms with Crippen LogP contribution in [0, 0.1) is 5.82 Å². The molecule has 0 heterocycles. The number of ether oxygens (including phenoxy) is 2. The number of nitrogens with zero attached hydrogens (tertiary/aromatic N) is 1. The molecule has 0 aliphatic heterocycles. The second-order valence-electron chi connectivity index (χ2n) is 5.44. The fourth-order valence-electron chi connectivity index (χ4n) is 2.31. The van der Waals surface area contributed by atoms with Crippen LogP contribution in [-0.2, 0) is 6.54 Å². The largest absolute Gasteiger partial charge is 0.494 e. The summed E-state index contributed by atoms with van der Waals surface area (Å²) in [7, 11) is 3.31. The first-order chi connectivity index (χ1) is 11.1. The normalized spacial score (nSPS) is 12.2. The number of benzene rings is 2. The Morgan fingerprint density at radius 1 is 1.17 bits per heavy atom. The maximum atomic E-state index is 13.7. The standard InChI is InChI=1S/C18H22FNO3/c1-20(11-14-8-9-18(22-2)17(19)10-14)12-15(21)13-23-16-6-4-3-5-7-16/h3-10,15,21H,11-13H2,1-2H3. The number of halogens is 1. The van der Waals surface area contributed by atoms with E-state index in [1.54, 1.807) is 6.07 Å². The number of hydrogen-bond donors (Lipinski definition) is 1. The monoisotopic (exact) mass is 319 g/mol. The van der Waals surface area contributed by atoms with Gasteiger partial charge in [-0.25, -0.2) is 4.39 Å². The van der Waals surface area contributed by atoms with Gasteiger partial charge in [0.25, 0.3) is 0 Å². The quantitative estimate of drug-likeness (QED) is 0.812. The number of methoxy groups -OCH3 is 1. The predicted molar refractivity (Wildman–Crippen MR) is 87.2 cm³/mol. The minimum atomic E-state index is -0.622. The van der Waals surface area contributed by atoms with Crippen LogP contribution in [0.3, 0.4) is 0 Å². The number of para-hydroxylation sites is 1. The summed E-state index contributed by atoms with van der Waals surface area (Å²) in [5.41, 5.74) is 0.821. The van der Waals surface area contributed by atoms with Crippen LogP contribution < -0.4 is 9.47 Å². The van der Waals surface area contributed by atoms with Gasteiger partial charge in [-0.05, 0) is 36.9 Å². The van der Waals surface area contributed by atoms with Gasteiger partial charge in [0.2, 0.25) is 0 Å². The van der Waals surface area contributed by atoms with Crippen molar-refractivity contribution in [3.63, 3.8) is 0 Å². The Hall–Kier alpha value is -2.11. The first kappa shape index (κ1) is 17.2. The molecule has 2 rings (SSSR count). The maximum absolute atomic E-state index is 13.7. The minimum Gasteiger partial charge on any atom is -0.494 e. The molecule has 0 spiro atoms. The van der Waals surface area contributed by atoms with Crippen LogP contribution in [0.25, 0.3) is 0 Å². The van der Waals surface area contributed by atoms with E-state index >= 15 is 0 Å². The van der Waals surface area contributed by atoms with E-state index in [1.807, 2.05) is 48.3 Å². The fourth-order valence-corrected chi connectivity index (χ4v) is 2.31. The smallest absolute Gasteiger partial charge is 0.165 e. The van der Waals surface area contributed by atoms with Gasteiger partial charge >= 0.3 is 0 Å². The van der Waals surface area contributed by atoms with Crippen LogP contribution in [0.1, 0.15) is 5.56 Å². The Bertz CT molecular complexity index is 606. The summed E-state index contributed by atoms with van der Waals surface area (Å²) in [6, 6.07) is 14.2. The summed E-state index contributed by atoms with van der Waals surface area (Å²) in [4.78, 5) is 1.92. The van der Waals surface area contributed by atoms with E-state index in [0.29, 0.717) is 13.1 Å². The van der Waals surface area contributed by atoms with Crippen molar-refractivity contribution in [1.82, 2.24) is 4.90 Å². The second-order valence-corrected chi connectivity index (χ2v) is 5.44. The van der Waals surface area contributed by atoms with E-state index in [1.165, 1.54) is 13.2 Å². The van der Waals surface area contributed by atoms with Crippen LogP contribution >= 0.6 is 0 Å². The molecule has 0 aliphatic carbocycles. The van der Waals surface area contributed by atoms with Crippen molar-refractivity contribution in [2.45, 2.75) is 12.6 Å². The van der Waals surface area contributed by atoms with Crippen LogP contribution in [0.5, 0.6) is 11.5 Å². The number of likely N-dealkylation sites (N-methyl/N-ethyl adjacent to an activating group) is 1. The van der Waals surface area contributed by atoms with Crippen LogP contribution in [0.2, 0.25) is 0 Å². The van der Waals surface area contributed by atoms with E-state index in [0.717, 1.165) is 11.3 Å². The van der Waals surface area contributed by atoms with E-state index in [4.69, 9.17) is 9.47 Å². The summed E-state index contributed by atoms with van der Waals surface area (Å²) in [6.45, 7) is 1.18. The number of rotatable bonds is 8. The summed E-state index contributed by atoms with van der Waals surface area (Å²) < 4.78 is 24.1. The lowest BCUT2D eigenvalue weighted by Gasteiger charge is -2.21. The molecule has 124 valence electrons. The van der Waals surface area contributed by atoms with Gasteiger partial charge in [-0.15, -0.1) is 0 Å². The highest BCUT2D eigenvalue weighted by Crippen LogP contribution is 2.18. The second kappa shape index (κ2) is 8.50. The van der Waals surface area contributed by atoms with E-state index < -0.39 is 6.10 Å². The van der Waals surface area contributed by atoms with Crippen LogP contribution in [-0.4, -0.2) is 43.4 Å². The molecule has 0 saturated heterocycles. The van der Waals surface area contributed by atoms with Gasteiger partial charge in [0, 0.05) is 13.1 Å². The van der Waals surface area contributed by atoms with Gasteiger partial charge < -0.3 is 14.6 Å². The number of hydrogen-bond acceptors (Lipinski definition) is 4. The van der Waals surface area contributed by atoms with E-state index in [9.17, 15) is 9.50 Å². The zero-order valence-electron chi connectivity index (χ0n) is 13.4.